The van der Waals surface area contributed by atoms with Gasteiger partial charge in [0.2, 0.25) is 5.91 Å². The molecule has 1 N–H and O–H groups in total. The lowest BCUT2D eigenvalue weighted by Crippen LogP contribution is -2.35. The molecule has 0 spiro atoms. The number of imidazole rings is 1. The molecule has 1 saturated heterocycles. The molecule has 5 heteroatoms. The molecule has 0 radical (unpaired) electrons. The standard InChI is InChI=1S/C22H26N4O/c27-22(23-12-15-25-13-6-7-14-25)17-26-20-11-5-4-10-19(20)24-21(26)16-18-8-2-1-3-9-18/h1-5,8-11H,6-7,12-17H2,(H,23,27). The molecule has 2 heterocycles. The van der Waals surface area contributed by atoms with E-state index in [1.165, 1.54) is 18.4 Å². The van der Waals surface area contributed by atoms with Gasteiger partial charge in [0.15, 0.2) is 0 Å². The van der Waals surface area contributed by atoms with Crippen LogP contribution >= 0.6 is 0 Å². The summed E-state index contributed by atoms with van der Waals surface area (Å²) in [5.41, 5.74) is 3.15. The van der Waals surface area contributed by atoms with Crippen LogP contribution in [0.15, 0.2) is 54.6 Å². The molecule has 0 saturated carbocycles. The van der Waals surface area contributed by atoms with E-state index in [0.717, 1.165) is 42.9 Å². The first-order chi connectivity index (χ1) is 13.3. The third-order valence-corrected chi connectivity index (χ3v) is 5.19. The molecule has 0 aliphatic carbocycles. The number of aromatic nitrogens is 2. The largest absolute Gasteiger partial charge is 0.353 e. The number of nitrogens with one attached hydrogen (secondary N) is 1. The Morgan fingerprint density at radius 1 is 1.00 bits per heavy atom. The topological polar surface area (TPSA) is 50.2 Å². The normalized spacial score (nSPS) is 14.7. The molecule has 3 aromatic rings. The van der Waals surface area contributed by atoms with Crippen molar-refractivity contribution in [1.82, 2.24) is 19.8 Å². The average Bonchev–Trinajstić information content (AvgIpc) is 3.31. The van der Waals surface area contributed by atoms with Gasteiger partial charge in [0.1, 0.15) is 12.4 Å². The summed E-state index contributed by atoms with van der Waals surface area (Å²) in [6.45, 7) is 4.27. The van der Waals surface area contributed by atoms with Crippen molar-refractivity contribution in [2.45, 2.75) is 25.8 Å². The molecule has 27 heavy (non-hydrogen) atoms. The predicted molar refractivity (Wildman–Crippen MR) is 108 cm³/mol. The van der Waals surface area contributed by atoms with Gasteiger partial charge in [-0.15, -0.1) is 0 Å². The molecule has 0 bridgehead atoms. The molecular formula is C22H26N4O. The second kappa shape index (κ2) is 8.35. The minimum atomic E-state index is 0.0478. The highest BCUT2D eigenvalue weighted by Gasteiger charge is 2.15. The molecule has 1 aliphatic rings. The van der Waals surface area contributed by atoms with Gasteiger partial charge < -0.3 is 14.8 Å². The third-order valence-electron chi connectivity index (χ3n) is 5.19. The second-order valence-corrected chi connectivity index (χ2v) is 7.16. The van der Waals surface area contributed by atoms with Crippen molar-refractivity contribution >= 4 is 16.9 Å². The summed E-state index contributed by atoms with van der Waals surface area (Å²) in [7, 11) is 0. The predicted octanol–water partition coefficient (Wildman–Crippen LogP) is 2.84. The maximum Gasteiger partial charge on any atom is 0.240 e. The van der Waals surface area contributed by atoms with Gasteiger partial charge in [-0.3, -0.25) is 4.79 Å². The van der Waals surface area contributed by atoms with E-state index in [-0.39, 0.29) is 5.91 Å². The number of hydrogen-bond acceptors (Lipinski definition) is 3. The van der Waals surface area contributed by atoms with Crippen molar-refractivity contribution in [3.63, 3.8) is 0 Å². The molecule has 1 amide bonds. The van der Waals surface area contributed by atoms with E-state index in [1.54, 1.807) is 0 Å². The summed E-state index contributed by atoms with van der Waals surface area (Å²) in [5, 5.41) is 3.07. The Balaban J connectivity index is 1.47. The van der Waals surface area contributed by atoms with Crippen LogP contribution in [0.5, 0.6) is 0 Å². The Morgan fingerprint density at radius 2 is 1.74 bits per heavy atom. The first-order valence-corrected chi connectivity index (χ1v) is 9.77. The van der Waals surface area contributed by atoms with E-state index >= 15 is 0 Å². The highest BCUT2D eigenvalue weighted by molar-refractivity contribution is 5.81. The van der Waals surface area contributed by atoms with Crippen LogP contribution < -0.4 is 5.32 Å². The van der Waals surface area contributed by atoms with Crippen LogP contribution in [0, 0.1) is 0 Å². The van der Waals surface area contributed by atoms with E-state index in [1.807, 2.05) is 47.0 Å². The van der Waals surface area contributed by atoms with E-state index in [0.29, 0.717) is 13.1 Å². The fraction of sp³-hybridized carbons (Fsp3) is 0.364. The molecule has 140 valence electrons. The van der Waals surface area contributed by atoms with Crippen LogP contribution in [-0.4, -0.2) is 46.5 Å². The Hall–Kier alpha value is -2.66. The number of para-hydroxylation sites is 2. The number of hydrogen-bond donors (Lipinski definition) is 1. The zero-order chi connectivity index (χ0) is 18.5. The minimum Gasteiger partial charge on any atom is -0.353 e. The number of benzene rings is 2. The van der Waals surface area contributed by atoms with Gasteiger partial charge in [-0.2, -0.15) is 0 Å². The Bertz CT molecular complexity index is 897. The van der Waals surface area contributed by atoms with Gasteiger partial charge in [-0.25, -0.2) is 4.98 Å². The summed E-state index contributed by atoms with van der Waals surface area (Å²) >= 11 is 0. The number of amides is 1. The summed E-state index contributed by atoms with van der Waals surface area (Å²) < 4.78 is 2.05. The van der Waals surface area contributed by atoms with Crippen molar-refractivity contribution in [2.75, 3.05) is 26.2 Å². The van der Waals surface area contributed by atoms with Gasteiger partial charge in [-0.1, -0.05) is 42.5 Å². The third kappa shape index (κ3) is 4.37. The number of likely N-dealkylation sites (tertiary alicyclic amines) is 1. The second-order valence-electron chi connectivity index (χ2n) is 7.16. The van der Waals surface area contributed by atoms with Crippen LogP contribution in [-0.2, 0) is 17.8 Å². The van der Waals surface area contributed by atoms with Crippen molar-refractivity contribution in [1.29, 1.82) is 0 Å². The fourth-order valence-electron chi connectivity index (χ4n) is 3.77. The quantitative estimate of drug-likeness (QED) is 0.703. The lowest BCUT2D eigenvalue weighted by molar-refractivity contribution is -0.121. The minimum absolute atomic E-state index is 0.0478. The summed E-state index contributed by atoms with van der Waals surface area (Å²) in [6.07, 6.45) is 3.27. The van der Waals surface area contributed by atoms with Crippen molar-refractivity contribution in [3.05, 3.63) is 66.0 Å². The molecule has 1 aromatic heterocycles. The van der Waals surface area contributed by atoms with Gasteiger partial charge >= 0.3 is 0 Å². The monoisotopic (exact) mass is 362 g/mol. The molecule has 4 rings (SSSR count). The van der Waals surface area contributed by atoms with Crippen LogP contribution in [0.25, 0.3) is 11.0 Å². The maximum atomic E-state index is 12.6. The summed E-state index contributed by atoms with van der Waals surface area (Å²) in [6, 6.07) is 18.3. The molecular weight excluding hydrogens is 336 g/mol. The molecule has 2 aromatic carbocycles. The van der Waals surface area contributed by atoms with Crippen molar-refractivity contribution < 1.29 is 4.79 Å². The highest BCUT2D eigenvalue weighted by atomic mass is 16.1. The Labute approximate surface area is 160 Å². The Kier molecular flexibility index (Phi) is 5.49. The zero-order valence-corrected chi connectivity index (χ0v) is 15.6. The van der Waals surface area contributed by atoms with Crippen molar-refractivity contribution in [3.8, 4) is 0 Å². The van der Waals surface area contributed by atoms with E-state index in [9.17, 15) is 4.79 Å². The molecule has 0 unspecified atom stereocenters. The van der Waals surface area contributed by atoms with Crippen LogP contribution in [0.3, 0.4) is 0 Å². The number of rotatable bonds is 7. The molecule has 0 atom stereocenters. The smallest absolute Gasteiger partial charge is 0.240 e. The number of carbonyl (C=O) groups excluding carboxylic acids is 1. The lowest BCUT2D eigenvalue weighted by Gasteiger charge is -2.15. The van der Waals surface area contributed by atoms with E-state index in [4.69, 9.17) is 4.98 Å². The first-order valence-electron chi connectivity index (χ1n) is 9.77. The number of nitrogens with zero attached hydrogens (tertiary/aromatic N) is 3. The SMILES string of the molecule is O=C(Cn1c(Cc2ccccc2)nc2ccccc21)NCCN1CCCC1. The van der Waals surface area contributed by atoms with Gasteiger partial charge in [0.05, 0.1) is 11.0 Å². The lowest BCUT2D eigenvalue weighted by atomic mass is 10.1. The van der Waals surface area contributed by atoms with Crippen LogP contribution in [0.1, 0.15) is 24.2 Å². The van der Waals surface area contributed by atoms with E-state index < -0.39 is 0 Å². The molecule has 1 fully saturated rings. The summed E-state index contributed by atoms with van der Waals surface area (Å²) in [5.74, 6) is 0.976. The fourth-order valence-corrected chi connectivity index (χ4v) is 3.77. The molecule has 1 aliphatic heterocycles. The average molecular weight is 362 g/mol. The highest BCUT2D eigenvalue weighted by Crippen LogP contribution is 2.18. The first kappa shape index (κ1) is 17.7. The van der Waals surface area contributed by atoms with Crippen molar-refractivity contribution in [2.24, 2.45) is 0 Å². The van der Waals surface area contributed by atoms with Gasteiger partial charge in [0.25, 0.3) is 0 Å². The molecule has 5 nitrogen and oxygen atoms in total. The van der Waals surface area contributed by atoms with Gasteiger partial charge in [-0.05, 0) is 43.6 Å². The maximum absolute atomic E-state index is 12.6. The Morgan fingerprint density at radius 3 is 2.56 bits per heavy atom. The number of carbonyl (C=O) groups is 1. The van der Waals surface area contributed by atoms with Crippen LogP contribution in [0.4, 0.5) is 0 Å². The van der Waals surface area contributed by atoms with E-state index in [2.05, 4.69) is 22.3 Å². The summed E-state index contributed by atoms with van der Waals surface area (Å²) in [4.78, 5) is 19.7. The number of fused-ring (bicyclic) bond motifs is 1. The zero-order valence-electron chi connectivity index (χ0n) is 15.6. The van der Waals surface area contributed by atoms with Crippen LogP contribution in [0.2, 0.25) is 0 Å². The van der Waals surface area contributed by atoms with Gasteiger partial charge in [0, 0.05) is 19.5 Å².